The van der Waals surface area contributed by atoms with Crippen LogP contribution in [0.25, 0.3) is 21.3 Å². The van der Waals surface area contributed by atoms with Crippen LogP contribution in [0.15, 0.2) is 39.6 Å². The summed E-state index contributed by atoms with van der Waals surface area (Å²) in [6, 6.07) is 6.15. The summed E-state index contributed by atoms with van der Waals surface area (Å²) in [6.45, 7) is 1.94. The fourth-order valence-electron chi connectivity index (χ4n) is 2.52. The Labute approximate surface area is 154 Å². The SMILES string of the molecule is Cc1sc2nc(SCc3csnn3)[nH]c(=O)c2c1-c1ccc(F)cc1. The first-order valence-electron chi connectivity index (χ1n) is 7.30. The molecule has 0 radical (unpaired) electrons. The first-order chi connectivity index (χ1) is 12.1. The smallest absolute Gasteiger partial charge is 0.260 e. The van der Waals surface area contributed by atoms with E-state index in [-0.39, 0.29) is 11.4 Å². The molecule has 4 aromatic rings. The predicted molar refractivity (Wildman–Crippen MR) is 99.8 cm³/mol. The van der Waals surface area contributed by atoms with Crippen LogP contribution >= 0.6 is 34.6 Å². The number of H-pyrrole nitrogens is 1. The van der Waals surface area contributed by atoms with Crippen molar-refractivity contribution in [3.63, 3.8) is 0 Å². The maximum atomic E-state index is 13.2. The zero-order valence-corrected chi connectivity index (χ0v) is 15.4. The van der Waals surface area contributed by atoms with Crippen LogP contribution in [-0.4, -0.2) is 19.6 Å². The quantitative estimate of drug-likeness (QED) is 0.417. The van der Waals surface area contributed by atoms with E-state index in [1.165, 1.54) is 46.8 Å². The minimum atomic E-state index is -0.303. The molecule has 0 saturated heterocycles. The highest BCUT2D eigenvalue weighted by atomic mass is 32.2. The van der Waals surface area contributed by atoms with Gasteiger partial charge in [-0.15, -0.1) is 16.4 Å². The molecule has 3 aromatic heterocycles. The Hall–Kier alpha value is -2.10. The molecule has 0 aliphatic carbocycles. The van der Waals surface area contributed by atoms with E-state index < -0.39 is 0 Å². The van der Waals surface area contributed by atoms with E-state index >= 15 is 0 Å². The average molecular weight is 390 g/mol. The van der Waals surface area contributed by atoms with Gasteiger partial charge in [0.25, 0.3) is 5.56 Å². The summed E-state index contributed by atoms with van der Waals surface area (Å²) in [5.41, 5.74) is 2.29. The molecule has 1 N–H and O–H groups in total. The number of nitrogens with one attached hydrogen (secondary N) is 1. The summed E-state index contributed by atoms with van der Waals surface area (Å²) in [7, 11) is 0. The Bertz CT molecular complexity index is 1090. The van der Waals surface area contributed by atoms with Gasteiger partial charge in [-0.05, 0) is 36.2 Å². The van der Waals surface area contributed by atoms with E-state index in [0.717, 1.165) is 21.7 Å². The maximum Gasteiger partial charge on any atom is 0.260 e. The lowest BCUT2D eigenvalue weighted by atomic mass is 10.0. The van der Waals surface area contributed by atoms with E-state index in [1.807, 2.05) is 12.3 Å². The first-order valence-corrected chi connectivity index (χ1v) is 9.94. The molecular weight excluding hydrogens is 379 g/mol. The van der Waals surface area contributed by atoms with Crippen LogP contribution < -0.4 is 5.56 Å². The van der Waals surface area contributed by atoms with Crippen LogP contribution in [0, 0.1) is 12.7 Å². The third-order valence-corrected chi connectivity index (χ3v) is 6.07. The molecule has 3 heterocycles. The zero-order valence-electron chi connectivity index (χ0n) is 12.9. The number of benzene rings is 1. The van der Waals surface area contributed by atoms with Crippen molar-refractivity contribution in [2.75, 3.05) is 0 Å². The fraction of sp³-hybridized carbons (Fsp3) is 0.125. The second kappa shape index (κ2) is 6.66. The van der Waals surface area contributed by atoms with E-state index in [1.54, 1.807) is 12.1 Å². The second-order valence-electron chi connectivity index (χ2n) is 5.28. The van der Waals surface area contributed by atoms with Crippen molar-refractivity contribution >= 4 is 44.8 Å². The van der Waals surface area contributed by atoms with Crippen LogP contribution in [0.2, 0.25) is 0 Å². The normalized spacial score (nSPS) is 11.3. The molecule has 0 spiro atoms. The van der Waals surface area contributed by atoms with E-state index in [9.17, 15) is 9.18 Å². The molecule has 0 fully saturated rings. The highest BCUT2D eigenvalue weighted by Gasteiger charge is 2.17. The molecule has 25 heavy (non-hydrogen) atoms. The van der Waals surface area contributed by atoms with Crippen LogP contribution in [0.5, 0.6) is 0 Å². The van der Waals surface area contributed by atoms with Gasteiger partial charge in [0, 0.05) is 21.6 Å². The third kappa shape index (κ3) is 3.22. The molecule has 0 saturated carbocycles. The Morgan fingerprint density at radius 2 is 2.08 bits per heavy atom. The fourth-order valence-corrected chi connectivity index (χ4v) is 4.93. The Balaban J connectivity index is 1.75. The minimum absolute atomic E-state index is 0.187. The maximum absolute atomic E-state index is 13.2. The van der Waals surface area contributed by atoms with E-state index in [4.69, 9.17) is 0 Å². The molecule has 9 heteroatoms. The summed E-state index contributed by atoms with van der Waals surface area (Å²) >= 11 is 4.17. The Kier molecular flexibility index (Phi) is 4.36. The molecule has 5 nitrogen and oxygen atoms in total. The topological polar surface area (TPSA) is 71.5 Å². The summed E-state index contributed by atoms with van der Waals surface area (Å²) in [6.07, 6.45) is 0. The largest absolute Gasteiger partial charge is 0.301 e. The number of halogens is 1. The lowest BCUT2D eigenvalue weighted by Crippen LogP contribution is -2.08. The number of rotatable bonds is 4. The second-order valence-corrected chi connectivity index (χ2v) is 8.05. The van der Waals surface area contributed by atoms with Crippen molar-refractivity contribution in [2.45, 2.75) is 17.8 Å². The Morgan fingerprint density at radius 1 is 1.28 bits per heavy atom. The van der Waals surface area contributed by atoms with Gasteiger partial charge in [-0.3, -0.25) is 4.79 Å². The van der Waals surface area contributed by atoms with Crippen LogP contribution in [-0.2, 0) is 5.75 Å². The third-order valence-electron chi connectivity index (χ3n) is 3.61. The van der Waals surface area contributed by atoms with E-state index in [2.05, 4.69) is 19.6 Å². The van der Waals surface area contributed by atoms with Gasteiger partial charge in [-0.1, -0.05) is 28.4 Å². The van der Waals surface area contributed by atoms with Crippen molar-refractivity contribution in [1.82, 2.24) is 19.6 Å². The van der Waals surface area contributed by atoms with Crippen molar-refractivity contribution in [3.05, 3.63) is 56.4 Å². The summed E-state index contributed by atoms with van der Waals surface area (Å²) in [4.78, 5) is 21.7. The zero-order chi connectivity index (χ0) is 17.4. The molecular formula is C16H11FN4OS3. The predicted octanol–water partition coefficient (Wildman–Crippen LogP) is 4.24. The molecule has 0 bridgehead atoms. The van der Waals surface area contributed by atoms with Gasteiger partial charge >= 0.3 is 0 Å². The van der Waals surface area contributed by atoms with E-state index in [0.29, 0.717) is 21.1 Å². The monoisotopic (exact) mass is 390 g/mol. The van der Waals surface area contributed by atoms with Gasteiger partial charge in [0.1, 0.15) is 10.6 Å². The number of aryl methyl sites for hydroxylation is 1. The number of thiophene rings is 1. The highest BCUT2D eigenvalue weighted by molar-refractivity contribution is 7.98. The number of nitrogens with zero attached hydrogens (tertiary/aromatic N) is 3. The number of hydrogen-bond acceptors (Lipinski definition) is 7. The van der Waals surface area contributed by atoms with Gasteiger partial charge in [0.05, 0.1) is 11.1 Å². The van der Waals surface area contributed by atoms with Crippen molar-refractivity contribution in [2.24, 2.45) is 0 Å². The Morgan fingerprint density at radius 3 is 2.80 bits per heavy atom. The van der Waals surface area contributed by atoms with Crippen LogP contribution in [0.4, 0.5) is 4.39 Å². The summed E-state index contributed by atoms with van der Waals surface area (Å²) < 4.78 is 17.0. The summed E-state index contributed by atoms with van der Waals surface area (Å²) in [5.74, 6) is 0.295. The standard InChI is InChI=1S/C16H11FN4OS3/c1-8-12(9-2-4-10(17)5-3-9)13-14(22)18-16(19-15(13)25-8)23-6-11-7-24-21-20-11/h2-5,7H,6H2,1H3,(H,18,19,22). The number of aromatic nitrogens is 4. The molecule has 1 aromatic carbocycles. The molecule has 0 atom stereocenters. The number of aromatic amines is 1. The number of fused-ring (bicyclic) bond motifs is 1. The van der Waals surface area contributed by atoms with Crippen LogP contribution in [0.3, 0.4) is 0 Å². The molecule has 126 valence electrons. The lowest BCUT2D eigenvalue weighted by Gasteiger charge is -2.02. The van der Waals surface area contributed by atoms with Crippen molar-refractivity contribution < 1.29 is 4.39 Å². The first kappa shape index (κ1) is 16.4. The molecule has 4 rings (SSSR count). The van der Waals surface area contributed by atoms with Gasteiger partial charge in [-0.25, -0.2) is 9.37 Å². The van der Waals surface area contributed by atoms with Gasteiger partial charge < -0.3 is 4.98 Å². The molecule has 0 amide bonds. The minimum Gasteiger partial charge on any atom is -0.301 e. The molecule has 0 aliphatic rings. The average Bonchev–Trinajstić information content (AvgIpc) is 3.21. The molecule has 0 aliphatic heterocycles. The van der Waals surface area contributed by atoms with Crippen LogP contribution in [0.1, 0.15) is 10.6 Å². The van der Waals surface area contributed by atoms with Crippen molar-refractivity contribution in [1.29, 1.82) is 0 Å². The molecule has 0 unspecified atom stereocenters. The van der Waals surface area contributed by atoms with Gasteiger partial charge in [0.15, 0.2) is 5.16 Å². The lowest BCUT2D eigenvalue weighted by molar-refractivity contribution is 0.628. The van der Waals surface area contributed by atoms with Gasteiger partial charge in [0.2, 0.25) is 0 Å². The number of hydrogen-bond donors (Lipinski definition) is 1. The number of thioether (sulfide) groups is 1. The summed E-state index contributed by atoms with van der Waals surface area (Å²) in [5, 5.41) is 6.95. The highest BCUT2D eigenvalue weighted by Crippen LogP contribution is 2.36. The van der Waals surface area contributed by atoms with Gasteiger partial charge in [-0.2, -0.15) is 0 Å². The van der Waals surface area contributed by atoms with Crippen molar-refractivity contribution in [3.8, 4) is 11.1 Å².